The summed E-state index contributed by atoms with van der Waals surface area (Å²) in [4.78, 5) is 31.1. The monoisotopic (exact) mass is 725 g/mol. The highest BCUT2D eigenvalue weighted by molar-refractivity contribution is 9.10. The average molecular weight is 727 g/mol. The van der Waals surface area contributed by atoms with E-state index in [0.29, 0.717) is 22.0 Å². The lowest BCUT2D eigenvalue weighted by Gasteiger charge is -2.33. The van der Waals surface area contributed by atoms with Gasteiger partial charge in [-0.15, -0.1) is 0 Å². The number of carbonyl (C=O) groups excluding carboxylic acids is 2. The molecule has 248 valence electrons. The van der Waals surface area contributed by atoms with Crippen LogP contribution in [0.5, 0.6) is 5.75 Å². The molecular weight excluding hydrogens is 690 g/mol. The van der Waals surface area contributed by atoms with Gasteiger partial charge in [0.1, 0.15) is 23.9 Å². The molecule has 0 spiro atoms. The van der Waals surface area contributed by atoms with Crippen LogP contribution in [0, 0.1) is 0 Å². The van der Waals surface area contributed by atoms with Crippen LogP contribution in [0.1, 0.15) is 11.1 Å². The Morgan fingerprint density at radius 3 is 1.87 bits per heavy atom. The number of pyridine rings is 1. The molecule has 1 aromatic heterocycles. The first-order valence-corrected chi connectivity index (χ1v) is 17.3. The summed E-state index contributed by atoms with van der Waals surface area (Å²) in [5, 5.41) is 14.1. The van der Waals surface area contributed by atoms with Gasteiger partial charge in [-0.1, -0.05) is 76.6 Å². The van der Waals surface area contributed by atoms with E-state index in [9.17, 15) is 23.1 Å². The maximum atomic E-state index is 13.1. The van der Waals surface area contributed by atoms with Crippen LogP contribution in [0.2, 0.25) is 0 Å². The van der Waals surface area contributed by atoms with Gasteiger partial charge >= 0.3 is 12.2 Å². The van der Waals surface area contributed by atoms with E-state index in [1.807, 2.05) is 60.7 Å². The largest absolute Gasteiger partial charge is 0.506 e. The second kappa shape index (κ2) is 16.0. The molecule has 3 heterocycles. The van der Waals surface area contributed by atoms with Crippen molar-refractivity contribution in [1.29, 1.82) is 0 Å². The molecule has 12 nitrogen and oxygen atoms in total. The number of hydrogen-bond donors (Lipinski definition) is 2. The van der Waals surface area contributed by atoms with Crippen LogP contribution in [0.25, 0.3) is 10.9 Å². The van der Waals surface area contributed by atoms with E-state index < -0.39 is 16.1 Å². The van der Waals surface area contributed by atoms with E-state index >= 15 is 0 Å². The van der Waals surface area contributed by atoms with Crippen LogP contribution in [0.3, 0.4) is 0 Å². The fourth-order valence-electron chi connectivity index (χ4n) is 5.04. The van der Waals surface area contributed by atoms with Gasteiger partial charge in [0, 0.05) is 62.2 Å². The molecule has 3 aromatic carbocycles. The first kappa shape index (κ1) is 34.1. The zero-order valence-corrected chi connectivity index (χ0v) is 28.0. The SMILES string of the molecule is O=C(OCc1ccccc1)N1CCN(S(=O)(=O)c2cnc3ccc(Br)cc3c2O)CC1.O=C(OCc1ccccc1)N1CCNCC1. The molecule has 2 fully saturated rings. The van der Waals surface area contributed by atoms with Gasteiger partial charge in [-0.05, 0) is 29.3 Å². The minimum atomic E-state index is -3.97. The Kier molecular flexibility index (Phi) is 11.6. The Morgan fingerprint density at radius 2 is 1.32 bits per heavy atom. The van der Waals surface area contributed by atoms with Crippen LogP contribution in [0.15, 0.2) is 94.4 Å². The van der Waals surface area contributed by atoms with Crippen molar-refractivity contribution in [3.05, 3.63) is 101 Å². The van der Waals surface area contributed by atoms with Crippen LogP contribution < -0.4 is 5.32 Å². The normalized spacial score (nSPS) is 15.4. The third-order valence-electron chi connectivity index (χ3n) is 7.67. The molecule has 2 saturated heterocycles. The first-order valence-electron chi connectivity index (χ1n) is 15.1. The standard InChI is InChI=1S/C21H20BrN3O5S.C12H16N2O2/c22-16-6-7-18-17(12-16)20(26)19(13-23-18)31(28,29)25-10-8-24(9-11-25)21(27)30-14-15-4-2-1-3-5-15;15-12(14-8-6-13-7-9-14)16-10-11-4-2-1-3-5-11/h1-7,12-13H,8-11,14H2,(H,23,26);1-5,13H,6-10H2. The van der Waals surface area contributed by atoms with Gasteiger partial charge in [-0.2, -0.15) is 4.31 Å². The maximum Gasteiger partial charge on any atom is 0.410 e. The minimum Gasteiger partial charge on any atom is -0.506 e. The number of amides is 2. The van der Waals surface area contributed by atoms with Crippen molar-refractivity contribution < 1.29 is 32.6 Å². The zero-order chi connectivity index (χ0) is 33.2. The molecule has 2 amide bonds. The van der Waals surface area contributed by atoms with Crippen molar-refractivity contribution in [1.82, 2.24) is 24.4 Å². The Hall–Kier alpha value is -4.24. The predicted molar refractivity (Wildman–Crippen MR) is 179 cm³/mol. The number of aromatic nitrogens is 1. The lowest BCUT2D eigenvalue weighted by Crippen LogP contribution is -2.50. The van der Waals surface area contributed by atoms with Gasteiger partial charge in [0.2, 0.25) is 10.0 Å². The molecule has 14 heteroatoms. The molecule has 47 heavy (non-hydrogen) atoms. The van der Waals surface area contributed by atoms with E-state index in [4.69, 9.17) is 9.47 Å². The van der Waals surface area contributed by atoms with Crippen molar-refractivity contribution in [2.75, 3.05) is 52.4 Å². The third-order valence-corrected chi connectivity index (χ3v) is 10.1. The summed E-state index contributed by atoms with van der Waals surface area (Å²) in [5.74, 6) is -0.337. The fourth-order valence-corrected chi connectivity index (χ4v) is 6.86. The highest BCUT2D eigenvalue weighted by atomic mass is 79.9. The number of nitrogens with one attached hydrogen (secondary N) is 1. The molecule has 0 unspecified atom stereocenters. The van der Waals surface area contributed by atoms with Crippen LogP contribution >= 0.6 is 15.9 Å². The van der Waals surface area contributed by atoms with E-state index in [1.54, 1.807) is 23.1 Å². The van der Waals surface area contributed by atoms with Crippen molar-refractivity contribution in [2.24, 2.45) is 0 Å². The number of fused-ring (bicyclic) bond motifs is 1. The quantitative estimate of drug-likeness (QED) is 0.292. The van der Waals surface area contributed by atoms with Crippen molar-refractivity contribution in [2.45, 2.75) is 18.1 Å². The molecule has 2 aliphatic heterocycles. The Bertz CT molecular complexity index is 1770. The smallest absolute Gasteiger partial charge is 0.410 e. The molecule has 6 rings (SSSR count). The van der Waals surface area contributed by atoms with Crippen molar-refractivity contribution in [3.63, 3.8) is 0 Å². The number of nitrogens with zero attached hydrogens (tertiary/aromatic N) is 4. The average Bonchev–Trinajstić information content (AvgIpc) is 3.11. The van der Waals surface area contributed by atoms with E-state index in [-0.39, 0.29) is 49.5 Å². The Labute approximate surface area is 282 Å². The number of piperazine rings is 2. The molecule has 0 saturated carbocycles. The highest BCUT2D eigenvalue weighted by Gasteiger charge is 2.33. The molecule has 0 aliphatic carbocycles. The second-order valence-electron chi connectivity index (χ2n) is 10.8. The number of sulfonamides is 1. The molecule has 2 aliphatic rings. The summed E-state index contributed by atoms with van der Waals surface area (Å²) in [7, 11) is -3.97. The number of rotatable bonds is 6. The van der Waals surface area contributed by atoms with Crippen LogP contribution in [-0.4, -0.2) is 97.2 Å². The van der Waals surface area contributed by atoms with Crippen molar-refractivity contribution in [3.8, 4) is 5.75 Å². The number of benzene rings is 3. The number of halogens is 1. The number of hydrogen-bond acceptors (Lipinski definition) is 9. The third kappa shape index (κ3) is 8.98. The summed E-state index contributed by atoms with van der Waals surface area (Å²) in [6, 6.07) is 24.1. The maximum absolute atomic E-state index is 13.1. The van der Waals surface area contributed by atoms with Crippen LogP contribution in [0.4, 0.5) is 9.59 Å². The van der Waals surface area contributed by atoms with Gasteiger partial charge in [0.05, 0.1) is 11.7 Å². The molecule has 2 N–H and O–H groups in total. The summed E-state index contributed by atoms with van der Waals surface area (Å²) in [5.41, 5.74) is 2.39. The highest BCUT2D eigenvalue weighted by Crippen LogP contribution is 2.34. The van der Waals surface area contributed by atoms with Gasteiger partial charge < -0.3 is 29.7 Å². The van der Waals surface area contributed by atoms with Gasteiger partial charge in [0.25, 0.3) is 0 Å². The number of ether oxygens (including phenoxy) is 2. The van der Waals surface area contributed by atoms with Gasteiger partial charge in [0.15, 0.2) is 0 Å². The van der Waals surface area contributed by atoms with Crippen LogP contribution in [-0.2, 0) is 32.7 Å². The second-order valence-corrected chi connectivity index (χ2v) is 13.7. The molecule has 0 radical (unpaired) electrons. The summed E-state index contributed by atoms with van der Waals surface area (Å²) >= 11 is 3.32. The van der Waals surface area contributed by atoms with E-state index in [0.717, 1.165) is 37.3 Å². The predicted octanol–water partition coefficient (Wildman–Crippen LogP) is 4.57. The van der Waals surface area contributed by atoms with E-state index in [1.165, 1.54) is 15.4 Å². The summed E-state index contributed by atoms with van der Waals surface area (Å²) in [6.45, 7) is 4.24. The lowest BCUT2D eigenvalue weighted by molar-refractivity contribution is 0.0837. The minimum absolute atomic E-state index is 0.0960. The zero-order valence-electron chi connectivity index (χ0n) is 25.6. The number of carbonyl (C=O) groups is 2. The molecule has 0 bridgehead atoms. The number of aromatic hydroxyl groups is 1. The molecule has 0 atom stereocenters. The Balaban J connectivity index is 0.000000227. The van der Waals surface area contributed by atoms with E-state index in [2.05, 4.69) is 26.2 Å². The first-order chi connectivity index (χ1) is 22.7. The summed E-state index contributed by atoms with van der Waals surface area (Å²) in [6.07, 6.45) is 0.466. The van der Waals surface area contributed by atoms with Crippen molar-refractivity contribution >= 4 is 49.0 Å². The summed E-state index contributed by atoms with van der Waals surface area (Å²) < 4.78 is 38.7. The molecular formula is C33H36BrN5O7S. The van der Waals surface area contributed by atoms with Gasteiger partial charge in [-0.3, -0.25) is 4.98 Å². The molecule has 4 aromatic rings. The Morgan fingerprint density at radius 1 is 0.787 bits per heavy atom. The van der Waals surface area contributed by atoms with Gasteiger partial charge in [-0.25, -0.2) is 18.0 Å². The fraction of sp³-hybridized carbons (Fsp3) is 0.303. The topological polar surface area (TPSA) is 142 Å². The lowest BCUT2D eigenvalue weighted by atomic mass is 10.2.